The number of nitrogens with one attached hydrogen (secondary N) is 2. The number of hydrogen-bond donors (Lipinski definition) is 2. The molecular weight excluding hydrogens is 369 g/mol. The van der Waals surface area contributed by atoms with Gasteiger partial charge in [0.2, 0.25) is 11.7 Å². The summed E-state index contributed by atoms with van der Waals surface area (Å²) in [5.74, 6) is -0.818. The van der Waals surface area contributed by atoms with E-state index in [1.165, 1.54) is 20.4 Å². The molecule has 136 valence electrons. The van der Waals surface area contributed by atoms with Crippen molar-refractivity contribution in [3.8, 4) is 23.3 Å². The number of ether oxygens (including phenoxy) is 2. The number of methoxy groups -OCH3 is 2. The van der Waals surface area contributed by atoms with Crippen LogP contribution in [0.25, 0.3) is 11.4 Å². The van der Waals surface area contributed by atoms with Gasteiger partial charge >= 0.3 is 6.01 Å². The molecule has 2 N–H and O–H groups in total. The summed E-state index contributed by atoms with van der Waals surface area (Å²) in [5, 5.41) is 12.8. The van der Waals surface area contributed by atoms with E-state index < -0.39 is 15.8 Å². The van der Waals surface area contributed by atoms with E-state index >= 15 is 0 Å². The zero-order valence-electron chi connectivity index (χ0n) is 13.5. The second kappa shape index (κ2) is 6.87. The van der Waals surface area contributed by atoms with E-state index in [0.29, 0.717) is 0 Å². The van der Waals surface area contributed by atoms with E-state index in [-0.39, 0.29) is 33.9 Å². The Morgan fingerprint density at radius 3 is 2.69 bits per heavy atom. The van der Waals surface area contributed by atoms with Crippen molar-refractivity contribution >= 4 is 15.7 Å². The molecule has 0 spiro atoms. The molecule has 2 heterocycles. The lowest BCUT2D eigenvalue weighted by Crippen LogP contribution is -2.15. The number of H-pyrrole nitrogens is 1. The Hall–Kier alpha value is -3.35. The Morgan fingerprint density at radius 2 is 2.04 bits per heavy atom. The zero-order chi connectivity index (χ0) is 18.7. The molecule has 11 nitrogen and oxygen atoms in total. The van der Waals surface area contributed by atoms with Crippen LogP contribution in [0.1, 0.15) is 0 Å². The summed E-state index contributed by atoms with van der Waals surface area (Å²) < 4.78 is 51.3. The van der Waals surface area contributed by atoms with Crippen molar-refractivity contribution in [1.82, 2.24) is 30.6 Å². The first-order valence-electron chi connectivity index (χ1n) is 6.96. The number of benzene rings is 1. The van der Waals surface area contributed by atoms with Crippen LogP contribution in [0.2, 0.25) is 0 Å². The number of nitrogens with zero attached hydrogens (tertiary/aromatic N) is 5. The molecule has 0 radical (unpaired) electrons. The highest BCUT2D eigenvalue weighted by Gasteiger charge is 2.21. The van der Waals surface area contributed by atoms with Gasteiger partial charge in [0.15, 0.2) is 0 Å². The second-order valence-electron chi connectivity index (χ2n) is 4.76. The highest BCUT2D eigenvalue weighted by molar-refractivity contribution is 7.92. The minimum absolute atomic E-state index is 0.00553. The average Bonchev–Trinajstić information content (AvgIpc) is 3.16. The number of aromatic nitrogens is 6. The number of halogens is 1. The van der Waals surface area contributed by atoms with Gasteiger partial charge in [0.25, 0.3) is 10.0 Å². The van der Waals surface area contributed by atoms with Crippen molar-refractivity contribution in [2.75, 3.05) is 18.9 Å². The van der Waals surface area contributed by atoms with Crippen molar-refractivity contribution in [3.63, 3.8) is 0 Å². The average molecular weight is 381 g/mol. The molecule has 0 atom stereocenters. The number of hydrogen-bond acceptors (Lipinski definition) is 9. The summed E-state index contributed by atoms with van der Waals surface area (Å²) in [6.07, 6.45) is 1.19. The SMILES string of the molecule is COc1ncc(NS(=O)(=O)c2ccc(F)c(-c3nn[nH]n3)c2)c(OC)n1. The number of aromatic amines is 1. The summed E-state index contributed by atoms with van der Waals surface area (Å²) in [6, 6.07) is 3.17. The molecular formula is C13H12FN7O4S. The molecule has 0 aliphatic heterocycles. The van der Waals surface area contributed by atoms with Gasteiger partial charge in [0.05, 0.1) is 30.9 Å². The van der Waals surface area contributed by atoms with Gasteiger partial charge < -0.3 is 9.47 Å². The second-order valence-corrected chi connectivity index (χ2v) is 6.44. The van der Waals surface area contributed by atoms with Crippen molar-refractivity contribution in [3.05, 3.63) is 30.2 Å². The number of sulfonamides is 1. The van der Waals surface area contributed by atoms with Crippen LogP contribution >= 0.6 is 0 Å². The third-order valence-electron chi connectivity index (χ3n) is 3.19. The van der Waals surface area contributed by atoms with Gasteiger partial charge in [-0.3, -0.25) is 4.72 Å². The standard InChI is InChI=1S/C13H12FN7O4S/c1-24-12-10(6-15-13(16-12)25-2)19-26(22,23)7-3-4-9(14)8(5-7)11-17-20-21-18-11/h3-6,19H,1-2H3,(H,17,18,20,21). The third-order valence-corrected chi connectivity index (χ3v) is 4.55. The highest BCUT2D eigenvalue weighted by atomic mass is 32.2. The van der Waals surface area contributed by atoms with Crippen LogP contribution in [-0.4, -0.2) is 53.2 Å². The molecule has 26 heavy (non-hydrogen) atoms. The smallest absolute Gasteiger partial charge is 0.319 e. The van der Waals surface area contributed by atoms with Crippen LogP contribution in [0, 0.1) is 5.82 Å². The molecule has 13 heteroatoms. The summed E-state index contributed by atoms with van der Waals surface area (Å²) in [6.45, 7) is 0. The molecule has 1 aromatic carbocycles. The van der Waals surface area contributed by atoms with Gasteiger partial charge in [-0.2, -0.15) is 10.2 Å². The predicted octanol–water partition coefficient (Wildman–Crippen LogP) is 0.614. The van der Waals surface area contributed by atoms with Crippen LogP contribution in [0.5, 0.6) is 11.9 Å². The molecule has 0 aliphatic rings. The number of anilines is 1. The lowest BCUT2D eigenvalue weighted by molar-refractivity contribution is 0.353. The molecule has 0 fully saturated rings. The van der Waals surface area contributed by atoms with Gasteiger partial charge in [0, 0.05) is 0 Å². The molecule has 0 saturated heterocycles. The van der Waals surface area contributed by atoms with Crippen molar-refractivity contribution < 1.29 is 22.3 Å². The van der Waals surface area contributed by atoms with Crippen LogP contribution in [0.4, 0.5) is 10.1 Å². The van der Waals surface area contributed by atoms with Crippen LogP contribution in [-0.2, 0) is 10.0 Å². The molecule has 0 amide bonds. The minimum Gasteiger partial charge on any atom is -0.479 e. The first kappa shape index (κ1) is 17.5. The van der Waals surface area contributed by atoms with E-state index in [9.17, 15) is 12.8 Å². The normalized spacial score (nSPS) is 11.2. The van der Waals surface area contributed by atoms with Crippen molar-refractivity contribution in [2.45, 2.75) is 4.90 Å². The fraction of sp³-hybridized carbons (Fsp3) is 0.154. The van der Waals surface area contributed by atoms with Gasteiger partial charge in [-0.25, -0.2) is 17.8 Å². The minimum atomic E-state index is -4.10. The van der Waals surface area contributed by atoms with Gasteiger partial charge in [0.1, 0.15) is 11.5 Å². The fourth-order valence-electron chi connectivity index (χ4n) is 2.00. The largest absolute Gasteiger partial charge is 0.479 e. The Balaban J connectivity index is 1.98. The quantitative estimate of drug-likeness (QED) is 0.627. The molecule has 0 aliphatic carbocycles. The Labute approximate surface area is 146 Å². The summed E-state index contributed by atoms with van der Waals surface area (Å²) in [7, 11) is -1.43. The monoisotopic (exact) mass is 381 g/mol. The van der Waals surface area contributed by atoms with E-state index in [4.69, 9.17) is 9.47 Å². The van der Waals surface area contributed by atoms with Gasteiger partial charge in [-0.1, -0.05) is 0 Å². The molecule has 0 saturated carbocycles. The van der Waals surface area contributed by atoms with E-state index in [2.05, 4.69) is 35.3 Å². The molecule has 3 aromatic rings. The Kier molecular flexibility index (Phi) is 4.62. The zero-order valence-corrected chi connectivity index (χ0v) is 14.3. The first-order chi connectivity index (χ1) is 12.4. The Morgan fingerprint density at radius 1 is 1.23 bits per heavy atom. The molecule has 0 unspecified atom stereocenters. The number of tetrazole rings is 1. The summed E-state index contributed by atoms with van der Waals surface area (Å²) >= 11 is 0. The topological polar surface area (TPSA) is 145 Å². The van der Waals surface area contributed by atoms with Crippen LogP contribution in [0.15, 0.2) is 29.3 Å². The first-order valence-corrected chi connectivity index (χ1v) is 8.44. The lowest BCUT2D eigenvalue weighted by atomic mass is 10.2. The summed E-state index contributed by atoms with van der Waals surface area (Å²) in [5.41, 5.74) is -0.140. The maximum atomic E-state index is 14.0. The molecule has 3 rings (SSSR count). The lowest BCUT2D eigenvalue weighted by Gasteiger charge is -2.12. The maximum absolute atomic E-state index is 14.0. The van der Waals surface area contributed by atoms with E-state index in [1.807, 2.05) is 0 Å². The highest BCUT2D eigenvalue weighted by Crippen LogP contribution is 2.27. The van der Waals surface area contributed by atoms with Crippen LogP contribution < -0.4 is 14.2 Å². The maximum Gasteiger partial charge on any atom is 0.319 e. The predicted molar refractivity (Wildman–Crippen MR) is 85.5 cm³/mol. The molecule has 2 aromatic heterocycles. The fourth-order valence-corrected chi connectivity index (χ4v) is 3.06. The van der Waals surface area contributed by atoms with Crippen LogP contribution in [0.3, 0.4) is 0 Å². The number of rotatable bonds is 6. The summed E-state index contributed by atoms with van der Waals surface area (Å²) in [4.78, 5) is 7.48. The van der Waals surface area contributed by atoms with Gasteiger partial charge in [-0.15, -0.1) is 10.2 Å². The van der Waals surface area contributed by atoms with E-state index in [1.54, 1.807) is 0 Å². The Bertz CT molecular complexity index is 1030. The van der Waals surface area contributed by atoms with Crippen molar-refractivity contribution in [2.24, 2.45) is 0 Å². The third kappa shape index (κ3) is 3.37. The van der Waals surface area contributed by atoms with E-state index in [0.717, 1.165) is 18.2 Å². The van der Waals surface area contributed by atoms with Crippen molar-refractivity contribution in [1.29, 1.82) is 0 Å². The molecule has 0 bridgehead atoms. The van der Waals surface area contributed by atoms with Gasteiger partial charge in [-0.05, 0) is 23.4 Å².